The van der Waals surface area contributed by atoms with Gasteiger partial charge in [-0.2, -0.15) is 0 Å². The molecule has 8 bridgehead atoms. The Balaban J connectivity index is 1.57. The van der Waals surface area contributed by atoms with Crippen molar-refractivity contribution in [3.8, 4) is 0 Å². The van der Waals surface area contributed by atoms with Crippen molar-refractivity contribution in [2.24, 2.45) is 0 Å². The van der Waals surface area contributed by atoms with Crippen LogP contribution in [0.2, 0.25) is 0 Å². The molecule has 3 aliphatic rings. The first kappa shape index (κ1) is 28.8. The molecule has 0 saturated carbocycles. The first-order valence-electron chi connectivity index (χ1n) is 15.1. The molecule has 3 aliphatic heterocycles. The molecule has 0 aliphatic carbocycles. The predicted octanol–water partition coefficient (Wildman–Crippen LogP) is 6.08. The van der Waals surface area contributed by atoms with Crippen molar-refractivity contribution < 1.29 is 19.7 Å². The van der Waals surface area contributed by atoms with Gasteiger partial charge in [0.15, 0.2) is 6.29 Å². The molecule has 8 nitrogen and oxygen atoms in total. The molecule has 8 heteroatoms. The summed E-state index contributed by atoms with van der Waals surface area (Å²) in [5.41, 5.74) is 15.1. The molecular formula is C34H42N4O4. The van der Waals surface area contributed by atoms with Gasteiger partial charge >= 0.3 is 0 Å². The minimum atomic E-state index is -0.581. The van der Waals surface area contributed by atoms with Crippen LogP contribution in [0.1, 0.15) is 90.1 Å². The molecule has 0 aromatic carbocycles. The zero-order valence-corrected chi connectivity index (χ0v) is 25.5. The highest BCUT2D eigenvalue weighted by Gasteiger charge is 2.29. The number of H-pyrrole nitrogens is 2. The highest BCUT2D eigenvalue weighted by molar-refractivity contribution is 5.85. The number of aryl methyl sites for hydroxylation is 3. The maximum Gasteiger partial charge on any atom is 0.160 e. The summed E-state index contributed by atoms with van der Waals surface area (Å²) in [6.07, 6.45) is 3.19. The predicted molar refractivity (Wildman–Crippen MR) is 166 cm³/mol. The van der Waals surface area contributed by atoms with Gasteiger partial charge in [-0.25, -0.2) is 4.98 Å². The molecule has 0 radical (unpaired) electrons. The smallest absolute Gasteiger partial charge is 0.160 e. The van der Waals surface area contributed by atoms with Crippen LogP contribution in [0.3, 0.4) is 0 Å². The number of hydrogen-bond acceptors (Lipinski definition) is 6. The number of aromatic nitrogens is 4. The molecule has 4 unspecified atom stereocenters. The zero-order valence-electron chi connectivity index (χ0n) is 25.5. The van der Waals surface area contributed by atoms with Crippen LogP contribution in [0.5, 0.6) is 0 Å². The van der Waals surface area contributed by atoms with Crippen molar-refractivity contribution in [2.75, 3.05) is 6.61 Å². The fraction of sp³-hybridized carbons (Fsp3) is 0.471. The summed E-state index contributed by atoms with van der Waals surface area (Å²) in [5.74, 6) is 0.287. The van der Waals surface area contributed by atoms with Crippen molar-refractivity contribution in [1.82, 2.24) is 19.9 Å². The second-order valence-corrected chi connectivity index (χ2v) is 12.1. The number of nitrogens with zero attached hydrogens (tertiary/aromatic N) is 2. The number of rotatable bonds is 5. The molecule has 0 spiro atoms. The summed E-state index contributed by atoms with van der Waals surface area (Å²) in [5, 5.41) is 19.9. The Morgan fingerprint density at radius 3 is 2.38 bits per heavy atom. The summed E-state index contributed by atoms with van der Waals surface area (Å²) >= 11 is 0. The van der Waals surface area contributed by atoms with Crippen LogP contribution >= 0.6 is 0 Å². The van der Waals surface area contributed by atoms with E-state index in [-0.39, 0.29) is 12.5 Å². The van der Waals surface area contributed by atoms with Gasteiger partial charge in [0.2, 0.25) is 0 Å². The second-order valence-electron chi connectivity index (χ2n) is 12.1. The van der Waals surface area contributed by atoms with E-state index in [1.54, 1.807) is 0 Å². The van der Waals surface area contributed by atoms with E-state index in [0.717, 1.165) is 79.9 Å². The molecule has 0 amide bonds. The zero-order chi connectivity index (χ0) is 29.7. The number of aliphatic hydroxyl groups excluding tert-OH is 2. The van der Waals surface area contributed by atoms with Crippen LogP contribution < -0.4 is 0 Å². The van der Waals surface area contributed by atoms with Crippen LogP contribution in [-0.2, 0) is 28.9 Å². The molecule has 42 heavy (non-hydrogen) atoms. The molecule has 6 heterocycles. The van der Waals surface area contributed by atoms with Gasteiger partial charge in [0.25, 0.3) is 0 Å². The molecular weight excluding hydrogens is 528 g/mol. The Kier molecular flexibility index (Phi) is 7.83. The molecule has 1 saturated heterocycles. The Morgan fingerprint density at radius 1 is 0.929 bits per heavy atom. The van der Waals surface area contributed by atoms with E-state index < -0.39 is 18.5 Å². The van der Waals surface area contributed by atoms with Gasteiger partial charge < -0.3 is 29.7 Å². The summed E-state index contributed by atoms with van der Waals surface area (Å²) in [7, 11) is 0. The quantitative estimate of drug-likeness (QED) is 0.295. The number of aliphatic hydroxyl groups is 2. The Morgan fingerprint density at radius 2 is 1.64 bits per heavy atom. The van der Waals surface area contributed by atoms with Gasteiger partial charge in [-0.15, -0.1) is 0 Å². The molecule has 222 valence electrons. The van der Waals surface area contributed by atoms with E-state index >= 15 is 0 Å². The maximum atomic E-state index is 10.3. The van der Waals surface area contributed by atoms with Gasteiger partial charge in [-0.3, -0.25) is 4.98 Å². The Hall–Kier alpha value is -3.30. The SMILES string of the molecule is CCc1c(C)c2cc3[nH]c(cc4nc(c(C)c5nc(cc1[nH]2)C(C)=C5)CC4C)c(C)c3COC1CC(O)CC(CO)O1. The lowest BCUT2D eigenvalue weighted by atomic mass is 10.0. The summed E-state index contributed by atoms with van der Waals surface area (Å²) in [6, 6.07) is 6.51. The monoisotopic (exact) mass is 570 g/mol. The van der Waals surface area contributed by atoms with Crippen molar-refractivity contribution in [3.63, 3.8) is 0 Å². The van der Waals surface area contributed by atoms with Gasteiger partial charge in [-0.05, 0) is 92.6 Å². The van der Waals surface area contributed by atoms with Gasteiger partial charge in [-0.1, -0.05) is 13.8 Å². The Labute approximate surface area is 246 Å². The second kappa shape index (κ2) is 11.4. The number of nitrogens with one attached hydrogen (secondary N) is 2. The third-order valence-corrected chi connectivity index (χ3v) is 9.16. The van der Waals surface area contributed by atoms with E-state index in [9.17, 15) is 10.2 Å². The van der Waals surface area contributed by atoms with Crippen LogP contribution in [0.15, 0.2) is 18.2 Å². The minimum absolute atomic E-state index is 0.138. The van der Waals surface area contributed by atoms with E-state index in [1.807, 2.05) is 0 Å². The highest BCUT2D eigenvalue weighted by atomic mass is 16.7. The number of aromatic amines is 2. The number of ether oxygens (including phenoxy) is 2. The molecule has 4 N–H and O–H groups in total. The molecule has 6 rings (SSSR count). The highest BCUT2D eigenvalue weighted by Crippen LogP contribution is 2.32. The third kappa shape index (κ3) is 5.33. The van der Waals surface area contributed by atoms with Gasteiger partial charge in [0.05, 0.1) is 36.8 Å². The van der Waals surface area contributed by atoms with Gasteiger partial charge in [0, 0.05) is 57.8 Å². The fourth-order valence-electron chi connectivity index (χ4n) is 6.45. The third-order valence-electron chi connectivity index (χ3n) is 9.16. The molecule has 3 aromatic heterocycles. The van der Waals surface area contributed by atoms with E-state index in [4.69, 9.17) is 19.4 Å². The van der Waals surface area contributed by atoms with Crippen LogP contribution in [0.4, 0.5) is 0 Å². The number of hydrogen-bond donors (Lipinski definition) is 4. The minimum Gasteiger partial charge on any atom is -0.394 e. The first-order chi connectivity index (χ1) is 20.1. The average Bonchev–Trinajstić information content (AvgIpc) is 3.67. The Bertz CT molecular complexity index is 1720. The largest absolute Gasteiger partial charge is 0.394 e. The number of fused-ring (bicyclic) bond motifs is 8. The van der Waals surface area contributed by atoms with Crippen molar-refractivity contribution in [3.05, 3.63) is 68.8 Å². The number of allylic oxidation sites excluding steroid dienone is 1. The topological polar surface area (TPSA) is 116 Å². The standard InChI is InChI=1S/C34H42N4O4/c1-7-24-19(4)31-14-33-25(16-41-34-11-22(40)10-23(15-39)42-34)20(5)30(38-33)12-26-17(2)8-28(35-26)21(6)29-9-18(3)27(36-29)13-32(24)37-31/h9,12-14,17,22-23,34,37-40H,7-8,10-11,15-16H2,1-6H3. The lowest BCUT2D eigenvalue weighted by molar-refractivity contribution is -0.226. The average molecular weight is 571 g/mol. The van der Waals surface area contributed by atoms with Crippen molar-refractivity contribution in [1.29, 1.82) is 0 Å². The summed E-state index contributed by atoms with van der Waals surface area (Å²) in [6.45, 7) is 13.1. The van der Waals surface area contributed by atoms with Crippen LogP contribution in [-0.4, -0.2) is 55.3 Å². The molecule has 3 aromatic rings. The fourth-order valence-corrected chi connectivity index (χ4v) is 6.45. The lowest BCUT2D eigenvalue weighted by Crippen LogP contribution is -2.38. The summed E-state index contributed by atoms with van der Waals surface area (Å²) < 4.78 is 12.1. The maximum absolute atomic E-state index is 10.3. The van der Waals surface area contributed by atoms with Crippen LogP contribution in [0.25, 0.3) is 33.7 Å². The molecule has 1 fully saturated rings. The van der Waals surface area contributed by atoms with E-state index in [0.29, 0.717) is 19.4 Å². The van der Waals surface area contributed by atoms with Gasteiger partial charge in [0.1, 0.15) is 0 Å². The van der Waals surface area contributed by atoms with E-state index in [2.05, 4.69) is 75.8 Å². The molecule has 4 atom stereocenters. The van der Waals surface area contributed by atoms with Crippen LogP contribution in [0, 0.1) is 20.8 Å². The normalized spacial score (nSPS) is 22.4. The first-order valence-corrected chi connectivity index (χ1v) is 15.1. The lowest BCUT2D eigenvalue weighted by Gasteiger charge is -2.32. The van der Waals surface area contributed by atoms with Crippen molar-refractivity contribution >= 4 is 33.7 Å². The van der Waals surface area contributed by atoms with E-state index in [1.165, 1.54) is 11.1 Å². The summed E-state index contributed by atoms with van der Waals surface area (Å²) in [4.78, 5) is 17.5. The van der Waals surface area contributed by atoms with Crippen molar-refractivity contribution in [2.45, 2.75) is 98.2 Å².